The Kier molecular flexibility index (Phi) is 6.70. The molecule has 2 aromatic rings. The second kappa shape index (κ2) is 7.62. The summed E-state index contributed by atoms with van der Waals surface area (Å²) < 4.78 is 0. The van der Waals surface area contributed by atoms with Gasteiger partial charge in [-0.25, -0.2) is 0 Å². The number of hydrogen-bond donors (Lipinski definition) is 0. The predicted molar refractivity (Wildman–Crippen MR) is 94.9 cm³/mol. The van der Waals surface area contributed by atoms with E-state index in [2.05, 4.69) is 32.9 Å². The van der Waals surface area contributed by atoms with Crippen LogP contribution in [0.15, 0.2) is 30.3 Å². The van der Waals surface area contributed by atoms with Crippen molar-refractivity contribution in [2.75, 3.05) is 0 Å². The number of hydrogen-bond acceptors (Lipinski definition) is 1. The summed E-state index contributed by atoms with van der Waals surface area (Å²) in [6, 6.07) is 9.84. The van der Waals surface area contributed by atoms with Crippen molar-refractivity contribution in [3.63, 3.8) is 0 Å². The van der Waals surface area contributed by atoms with Crippen LogP contribution < -0.4 is 5.30 Å². The van der Waals surface area contributed by atoms with E-state index < -0.39 is 0 Å². The van der Waals surface area contributed by atoms with Crippen LogP contribution in [0.25, 0.3) is 0 Å². The van der Waals surface area contributed by atoms with Gasteiger partial charge in [-0.2, -0.15) is 0 Å². The topological polar surface area (TPSA) is 17.1 Å². The Balaban J connectivity index is 0.00000220. The third-order valence-corrected chi connectivity index (χ3v) is 5.20. The van der Waals surface area contributed by atoms with Crippen LogP contribution in [0.3, 0.4) is 0 Å². The summed E-state index contributed by atoms with van der Waals surface area (Å²) in [4.78, 5) is 12.6. The van der Waals surface area contributed by atoms with Gasteiger partial charge in [-0.05, 0) is 64.3 Å². The van der Waals surface area contributed by atoms with E-state index in [1.165, 1.54) is 16.7 Å². The minimum atomic E-state index is 0. The van der Waals surface area contributed by atoms with Crippen molar-refractivity contribution in [2.45, 2.75) is 27.7 Å². The fourth-order valence-corrected chi connectivity index (χ4v) is 4.08. The fraction of sp³-hybridized carbons (Fsp3) is 0.235. The molecule has 0 spiro atoms. The Morgan fingerprint density at radius 2 is 1.57 bits per heavy atom. The minimum absolute atomic E-state index is 0. The second-order valence-electron chi connectivity index (χ2n) is 5.16. The molecule has 0 saturated carbocycles. The van der Waals surface area contributed by atoms with Crippen molar-refractivity contribution in [3.05, 3.63) is 63.2 Å². The zero-order chi connectivity index (χ0) is 14.9. The monoisotopic (exact) mass is 311 g/mol. The molecule has 0 fully saturated rings. The number of carbonyl (C=O) groups is 1. The van der Waals surface area contributed by atoms with Gasteiger partial charge in [-0.1, -0.05) is 41.4 Å². The van der Waals surface area contributed by atoms with Crippen LogP contribution in [0.4, 0.5) is 0 Å². The molecule has 2 aromatic carbocycles. The average Bonchev–Trinajstić information content (AvgIpc) is 2.33. The van der Waals surface area contributed by atoms with Gasteiger partial charge in [-0.15, -0.1) is 0 Å². The summed E-state index contributed by atoms with van der Waals surface area (Å²) >= 11 is 6.18. The summed E-state index contributed by atoms with van der Waals surface area (Å²) in [6.45, 7) is 8.13. The van der Waals surface area contributed by atoms with Crippen LogP contribution in [0.2, 0.25) is 5.02 Å². The fourth-order valence-electron chi connectivity index (χ4n) is 2.47. The first kappa shape index (κ1) is 18.5. The van der Waals surface area contributed by atoms with Crippen LogP contribution >= 0.6 is 20.2 Å². The molecule has 1 unspecified atom stereocenters. The maximum absolute atomic E-state index is 12.6. The van der Waals surface area contributed by atoms with Gasteiger partial charge in [0.15, 0.2) is 5.52 Å². The molecule has 0 heterocycles. The number of carbonyl (C=O) groups excluding carboxylic acids is 1. The molecule has 105 valence electrons. The van der Waals surface area contributed by atoms with E-state index in [0.29, 0.717) is 10.6 Å². The van der Waals surface area contributed by atoms with Crippen LogP contribution in [-0.2, 0) is 0 Å². The molecule has 1 nitrogen and oxygen atoms in total. The van der Waals surface area contributed by atoms with Crippen LogP contribution in [-0.4, -0.2) is 24.4 Å². The van der Waals surface area contributed by atoms with Crippen molar-refractivity contribution in [2.24, 2.45) is 0 Å². The summed E-state index contributed by atoms with van der Waals surface area (Å²) in [6.07, 6.45) is 0. The standard InChI is InChI=1S/C17H18ClOP.Li/c1-10-8-12(3)16(13(4)9-10)20-17(19)15-11(2)6-5-7-14(15)18;/h5-9,20H,1-4H3;. The van der Waals surface area contributed by atoms with Gasteiger partial charge >= 0.3 is 0 Å². The van der Waals surface area contributed by atoms with Gasteiger partial charge in [-0.3, -0.25) is 4.79 Å². The van der Waals surface area contributed by atoms with E-state index in [4.69, 9.17) is 11.6 Å². The third-order valence-electron chi connectivity index (χ3n) is 3.36. The van der Waals surface area contributed by atoms with Gasteiger partial charge in [0.25, 0.3) is 0 Å². The Hall–Kier alpha value is -0.573. The maximum atomic E-state index is 12.6. The molecular weight excluding hydrogens is 294 g/mol. The van der Waals surface area contributed by atoms with Gasteiger partial charge < -0.3 is 0 Å². The SMILES string of the molecule is Cc1cc(C)c(PC(=O)c2c(C)cccc2Cl)c(C)c1.[Li]. The Labute approximate surface area is 145 Å². The zero-order valence-corrected chi connectivity index (χ0v) is 14.9. The molecule has 0 aliphatic heterocycles. The maximum Gasteiger partial charge on any atom is 0.187 e. The van der Waals surface area contributed by atoms with Crippen molar-refractivity contribution in [3.8, 4) is 0 Å². The minimum Gasteiger partial charge on any atom is -0.289 e. The quantitative estimate of drug-likeness (QED) is 0.609. The van der Waals surface area contributed by atoms with Gasteiger partial charge in [0, 0.05) is 24.4 Å². The first-order chi connectivity index (χ1) is 9.40. The van der Waals surface area contributed by atoms with E-state index >= 15 is 0 Å². The van der Waals surface area contributed by atoms with Crippen LogP contribution in [0.5, 0.6) is 0 Å². The van der Waals surface area contributed by atoms with E-state index in [1.807, 2.05) is 19.1 Å². The first-order valence-electron chi connectivity index (χ1n) is 6.54. The molecule has 1 radical (unpaired) electrons. The average molecular weight is 312 g/mol. The van der Waals surface area contributed by atoms with Crippen molar-refractivity contribution in [1.82, 2.24) is 0 Å². The molecule has 2 rings (SSSR count). The van der Waals surface area contributed by atoms with Gasteiger partial charge in [0.1, 0.15) is 0 Å². The van der Waals surface area contributed by atoms with E-state index in [1.54, 1.807) is 6.07 Å². The molecule has 0 aliphatic carbocycles. The van der Waals surface area contributed by atoms with Crippen molar-refractivity contribution in [1.29, 1.82) is 0 Å². The first-order valence-corrected chi connectivity index (χ1v) is 7.92. The van der Waals surface area contributed by atoms with Crippen LogP contribution in [0, 0.1) is 27.7 Å². The molecule has 0 amide bonds. The predicted octanol–water partition coefficient (Wildman–Crippen LogP) is 4.34. The van der Waals surface area contributed by atoms with E-state index in [-0.39, 0.29) is 33.0 Å². The van der Waals surface area contributed by atoms with E-state index in [0.717, 1.165) is 10.9 Å². The van der Waals surface area contributed by atoms with Gasteiger partial charge in [0.2, 0.25) is 0 Å². The number of halogens is 1. The molecule has 1 atom stereocenters. The zero-order valence-electron chi connectivity index (χ0n) is 13.2. The summed E-state index contributed by atoms with van der Waals surface area (Å²) in [5.74, 6) is 0. The van der Waals surface area contributed by atoms with Crippen LogP contribution in [0.1, 0.15) is 32.6 Å². The molecule has 0 N–H and O–H groups in total. The third kappa shape index (κ3) is 4.21. The van der Waals surface area contributed by atoms with Crippen molar-refractivity contribution >= 4 is 49.9 Å². The van der Waals surface area contributed by atoms with Crippen molar-refractivity contribution < 1.29 is 4.79 Å². The Morgan fingerprint density at radius 3 is 2.10 bits per heavy atom. The molecular formula is C17H18ClLiOP. The molecule has 21 heavy (non-hydrogen) atoms. The molecule has 0 aromatic heterocycles. The van der Waals surface area contributed by atoms with Gasteiger partial charge in [0.05, 0.1) is 5.02 Å². The summed E-state index contributed by atoms with van der Waals surface area (Å²) in [7, 11) is 0.119. The number of aryl methyl sites for hydroxylation is 4. The summed E-state index contributed by atoms with van der Waals surface area (Å²) in [5, 5.41) is 1.69. The molecule has 0 aliphatic rings. The Bertz CT molecular complexity index is 639. The molecule has 0 saturated heterocycles. The number of rotatable bonds is 3. The molecule has 0 bridgehead atoms. The normalized spacial score (nSPS) is 10.7. The largest absolute Gasteiger partial charge is 0.289 e. The summed E-state index contributed by atoms with van der Waals surface area (Å²) in [5.41, 5.74) is 5.31. The second-order valence-corrected chi connectivity index (χ2v) is 6.77. The smallest absolute Gasteiger partial charge is 0.187 e. The Morgan fingerprint density at radius 1 is 1.00 bits per heavy atom. The molecule has 4 heteroatoms. The number of benzene rings is 2. The van der Waals surface area contributed by atoms with E-state index in [9.17, 15) is 4.79 Å².